The maximum Gasteiger partial charge on any atom is 0.352 e. The van der Waals surface area contributed by atoms with Crippen LogP contribution in [-0.2, 0) is 0 Å². The predicted octanol–water partition coefficient (Wildman–Crippen LogP) is 4.56. The summed E-state index contributed by atoms with van der Waals surface area (Å²) in [6.07, 6.45) is 3.35. The summed E-state index contributed by atoms with van der Waals surface area (Å²) < 4.78 is 5.55. The van der Waals surface area contributed by atoms with E-state index in [-0.39, 0.29) is 0 Å². The van der Waals surface area contributed by atoms with E-state index in [1.54, 1.807) is 24.5 Å². The lowest BCUT2D eigenvalue weighted by Gasteiger charge is -2.09. The van der Waals surface area contributed by atoms with Crippen molar-refractivity contribution in [2.24, 2.45) is 0 Å². The van der Waals surface area contributed by atoms with E-state index in [1.807, 2.05) is 55.5 Å². The van der Waals surface area contributed by atoms with E-state index in [1.165, 1.54) is 0 Å². The number of hydrogen-bond acceptors (Lipinski definition) is 3. The van der Waals surface area contributed by atoms with Crippen LogP contribution in [-0.4, -0.2) is 4.98 Å². The Labute approximate surface area is 151 Å². The third-order valence-corrected chi connectivity index (χ3v) is 4.14. The third-order valence-electron chi connectivity index (χ3n) is 4.14. The summed E-state index contributed by atoms with van der Waals surface area (Å²) in [5.74, 6) is 6.06. The number of rotatable bonds is 1. The summed E-state index contributed by atoms with van der Waals surface area (Å²) >= 11 is 0. The zero-order chi connectivity index (χ0) is 17.9. The number of fused-ring (bicyclic) bond motifs is 1. The van der Waals surface area contributed by atoms with Crippen LogP contribution in [0.25, 0.3) is 22.1 Å². The Morgan fingerprint density at radius 3 is 2.46 bits per heavy atom. The number of hydrogen-bond donors (Lipinski definition) is 0. The van der Waals surface area contributed by atoms with Gasteiger partial charge >= 0.3 is 5.63 Å². The van der Waals surface area contributed by atoms with Gasteiger partial charge in [-0.25, -0.2) is 4.79 Å². The molecule has 0 atom stereocenters. The molecule has 0 fully saturated rings. The van der Waals surface area contributed by atoms with E-state index in [0.29, 0.717) is 11.1 Å². The Bertz CT molecular complexity index is 1200. The van der Waals surface area contributed by atoms with Crippen LogP contribution in [0.2, 0.25) is 0 Å². The Balaban J connectivity index is 2.03. The summed E-state index contributed by atoms with van der Waals surface area (Å²) in [6, 6.07) is 19.3. The lowest BCUT2D eigenvalue weighted by atomic mass is 9.96. The number of benzene rings is 2. The number of aryl methyl sites for hydroxylation is 1. The van der Waals surface area contributed by atoms with Crippen molar-refractivity contribution in [1.82, 2.24) is 4.98 Å². The smallest absolute Gasteiger partial charge is 0.352 e. The fraction of sp³-hybridized carbons (Fsp3) is 0.0435. The summed E-state index contributed by atoms with van der Waals surface area (Å²) in [7, 11) is 0. The molecular formula is C23H15NO2. The van der Waals surface area contributed by atoms with Crippen LogP contribution in [0.15, 0.2) is 82.3 Å². The van der Waals surface area contributed by atoms with E-state index in [2.05, 4.69) is 16.8 Å². The van der Waals surface area contributed by atoms with E-state index >= 15 is 0 Å². The maximum absolute atomic E-state index is 12.7. The maximum atomic E-state index is 12.7. The summed E-state index contributed by atoms with van der Waals surface area (Å²) in [6.45, 7) is 1.97. The Morgan fingerprint density at radius 2 is 1.69 bits per heavy atom. The first-order valence-corrected chi connectivity index (χ1v) is 8.27. The van der Waals surface area contributed by atoms with Gasteiger partial charge in [0, 0.05) is 28.9 Å². The lowest BCUT2D eigenvalue weighted by molar-refractivity contribution is 0.559. The van der Waals surface area contributed by atoms with Crippen LogP contribution < -0.4 is 5.63 Å². The Morgan fingerprint density at radius 1 is 0.923 bits per heavy atom. The second-order valence-corrected chi connectivity index (χ2v) is 5.99. The first-order valence-electron chi connectivity index (χ1n) is 8.27. The number of nitrogens with zero attached hydrogens (tertiary/aromatic N) is 1. The first kappa shape index (κ1) is 15.9. The highest BCUT2D eigenvalue weighted by atomic mass is 16.4. The highest BCUT2D eigenvalue weighted by Crippen LogP contribution is 2.30. The van der Waals surface area contributed by atoms with Crippen molar-refractivity contribution in [2.75, 3.05) is 0 Å². The van der Waals surface area contributed by atoms with Gasteiger partial charge in [0.05, 0.1) is 0 Å². The van der Waals surface area contributed by atoms with Gasteiger partial charge in [-0.05, 0) is 36.2 Å². The van der Waals surface area contributed by atoms with Crippen molar-refractivity contribution in [3.63, 3.8) is 0 Å². The third kappa shape index (κ3) is 3.01. The molecule has 4 aromatic rings. The van der Waals surface area contributed by atoms with Crippen molar-refractivity contribution in [3.05, 3.63) is 100 Å². The van der Waals surface area contributed by atoms with Crippen molar-refractivity contribution >= 4 is 11.0 Å². The summed E-state index contributed by atoms with van der Waals surface area (Å²) in [4.78, 5) is 16.7. The van der Waals surface area contributed by atoms with E-state index in [0.717, 1.165) is 27.6 Å². The molecule has 0 radical (unpaired) electrons. The molecule has 0 unspecified atom stereocenters. The largest absolute Gasteiger partial charge is 0.422 e. The highest BCUT2D eigenvalue weighted by Gasteiger charge is 2.15. The van der Waals surface area contributed by atoms with Crippen LogP contribution in [0.5, 0.6) is 0 Å². The van der Waals surface area contributed by atoms with Gasteiger partial charge in [-0.3, -0.25) is 4.98 Å². The molecule has 0 aliphatic heterocycles. The van der Waals surface area contributed by atoms with Gasteiger partial charge in [0.1, 0.15) is 11.1 Å². The highest BCUT2D eigenvalue weighted by molar-refractivity contribution is 5.96. The normalized spacial score (nSPS) is 10.3. The molecule has 0 amide bonds. The molecule has 26 heavy (non-hydrogen) atoms. The molecule has 2 aromatic heterocycles. The lowest BCUT2D eigenvalue weighted by Crippen LogP contribution is -2.07. The van der Waals surface area contributed by atoms with Gasteiger partial charge in [0.25, 0.3) is 0 Å². The minimum Gasteiger partial charge on any atom is -0.422 e. The molecule has 124 valence electrons. The SMILES string of the molecule is Cc1ccc2c(-c3ccccc3)c(C#Cc3ccncc3)c(=O)oc2c1. The molecule has 2 aromatic carbocycles. The van der Waals surface area contributed by atoms with Crippen LogP contribution in [0, 0.1) is 18.8 Å². The summed E-state index contributed by atoms with van der Waals surface area (Å²) in [5.41, 5.74) is 4.08. The zero-order valence-electron chi connectivity index (χ0n) is 14.2. The fourth-order valence-electron chi connectivity index (χ4n) is 2.90. The average Bonchev–Trinajstić information content (AvgIpc) is 2.67. The minimum absolute atomic E-state index is 0.365. The molecule has 0 N–H and O–H groups in total. The van der Waals surface area contributed by atoms with Gasteiger partial charge in [0.15, 0.2) is 0 Å². The molecule has 0 aliphatic rings. The molecule has 0 aliphatic carbocycles. The van der Waals surface area contributed by atoms with Crippen LogP contribution >= 0.6 is 0 Å². The van der Waals surface area contributed by atoms with Crippen molar-refractivity contribution < 1.29 is 4.42 Å². The monoisotopic (exact) mass is 337 g/mol. The standard InChI is InChI=1S/C23H15NO2/c1-16-7-9-19-21(15-16)26-23(25)20(10-8-17-11-13-24-14-12-17)22(19)18-5-3-2-4-6-18/h2-7,9,11-15H,1H3. The number of aromatic nitrogens is 1. The molecule has 2 heterocycles. The van der Waals surface area contributed by atoms with Crippen molar-refractivity contribution in [3.8, 4) is 23.0 Å². The molecule has 0 saturated heterocycles. The topological polar surface area (TPSA) is 43.1 Å². The van der Waals surface area contributed by atoms with Crippen molar-refractivity contribution in [1.29, 1.82) is 0 Å². The van der Waals surface area contributed by atoms with Gasteiger partial charge < -0.3 is 4.42 Å². The fourth-order valence-corrected chi connectivity index (χ4v) is 2.90. The van der Waals surface area contributed by atoms with Gasteiger partial charge in [-0.15, -0.1) is 0 Å². The van der Waals surface area contributed by atoms with Crippen LogP contribution in [0.3, 0.4) is 0 Å². The molecule has 0 saturated carbocycles. The zero-order valence-corrected chi connectivity index (χ0v) is 14.2. The summed E-state index contributed by atoms with van der Waals surface area (Å²) in [5, 5.41) is 0.875. The predicted molar refractivity (Wildman–Crippen MR) is 103 cm³/mol. The second kappa shape index (κ2) is 6.70. The van der Waals surface area contributed by atoms with E-state index < -0.39 is 5.63 Å². The molecular weight excluding hydrogens is 322 g/mol. The Kier molecular flexibility index (Phi) is 4.09. The first-order chi connectivity index (χ1) is 12.7. The molecule has 0 spiro atoms. The minimum atomic E-state index is -0.427. The van der Waals surface area contributed by atoms with Crippen LogP contribution in [0.1, 0.15) is 16.7 Å². The molecule has 4 rings (SSSR count). The number of pyridine rings is 1. The van der Waals surface area contributed by atoms with E-state index in [9.17, 15) is 4.79 Å². The van der Waals surface area contributed by atoms with Gasteiger partial charge in [-0.1, -0.05) is 54.3 Å². The molecule has 0 bridgehead atoms. The van der Waals surface area contributed by atoms with E-state index in [4.69, 9.17) is 4.42 Å². The van der Waals surface area contributed by atoms with Crippen molar-refractivity contribution in [2.45, 2.75) is 6.92 Å². The second-order valence-electron chi connectivity index (χ2n) is 5.99. The van der Waals surface area contributed by atoms with Crippen LogP contribution in [0.4, 0.5) is 0 Å². The molecule has 3 nitrogen and oxygen atoms in total. The average molecular weight is 337 g/mol. The quantitative estimate of drug-likeness (QED) is 0.378. The molecule has 3 heteroatoms. The Hall–Kier alpha value is -3.64. The van der Waals surface area contributed by atoms with Gasteiger partial charge in [0.2, 0.25) is 0 Å². The van der Waals surface area contributed by atoms with Gasteiger partial charge in [-0.2, -0.15) is 0 Å².